The van der Waals surface area contributed by atoms with E-state index in [1.807, 2.05) is 40.0 Å². The molecule has 0 saturated carbocycles. The zero-order valence-electron chi connectivity index (χ0n) is 13.2. The van der Waals surface area contributed by atoms with E-state index in [4.69, 9.17) is 23.2 Å². The summed E-state index contributed by atoms with van der Waals surface area (Å²) in [7, 11) is 1.85. The fourth-order valence-corrected chi connectivity index (χ4v) is 2.28. The third-order valence-electron chi connectivity index (χ3n) is 2.73. The van der Waals surface area contributed by atoms with Crippen LogP contribution in [0.2, 0.25) is 10.0 Å². The van der Waals surface area contributed by atoms with Crippen LogP contribution in [0.15, 0.2) is 18.2 Å². The van der Waals surface area contributed by atoms with Crippen molar-refractivity contribution in [3.8, 4) is 0 Å². The molecular formula is C15H22Cl2N3O2+. The second kappa shape index (κ2) is 7.81. The fourth-order valence-electron chi connectivity index (χ4n) is 1.89. The summed E-state index contributed by atoms with van der Waals surface area (Å²) >= 11 is 12.1. The van der Waals surface area contributed by atoms with E-state index in [0.29, 0.717) is 16.6 Å². The molecule has 0 radical (unpaired) electrons. The van der Waals surface area contributed by atoms with Gasteiger partial charge in [0.2, 0.25) is 0 Å². The first kappa shape index (κ1) is 18.7. The predicted molar refractivity (Wildman–Crippen MR) is 88.3 cm³/mol. The topological polar surface area (TPSA) is 62.6 Å². The van der Waals surface area contributed by atoms with E-state index in [1.54, 1.807) is 6.07 Å². The number of rotatable bonds is 4. The van der Waals surface area contributed by atoms with Gasteiger partial charge in [0, 0.05) is 11.1 Å². The number of benzene rings is 1. The normalized spacial score (nSPS) is 12.6. The molecule has 0 heterocycles. The third-order valence-corrected chi connectivity index (χ3v) is 3.59. The Hall–Kier alpha value is -1.30. The Morgan fingerprint density at radius 3 is 2.45 bits per heavy atom. The molecule has 1 aromatic rings. The van der Waals surface area contributed by atoms with Gasteiger partial charge in [-0.1, -0.05) is 35.3 Å². The zero-order chi connectivity index (χ0) is 16.9. The maximum Gasteiger partial charge on any atom is 0.322 e. The summed E-state index contributed by atoms with van der Waals surface area (Å²) in [6.45, 7) is 6.22. The molecule has 22 heavy (non-hydrogen) atoms. The van der Waals surface area contributed by atoms with Gasteiger partial charge in [0.15, 0.2) is 6.54 Å². The molecule has 1 atom stereocenters. The van der Waals surface area contributed by atoms with Crippen molar-refractivity contribution in [2.24, 2.45) is 0 Å². The molecule has 1 rings (SSSR count). The zero-order valence-corrected chi connectivity index (χ0v) is 14.7. The van der Waals surface area contributed by atoms with Gasteiger partial charge in [-0.15, -0.1) is 0 Å². The van der Waals surface area contributed by atoms with Crippen LogP contribution in [0.1, 0.15) is 26.3 Å². The maximum absolute atomic E-state index is 11.8. The summed E-state index contributed by atoms with van der Waals surface area (Å²) < 4.78 is 0. The Morgan fingerprint density at radius 2 is 1.86 bits per heavy atom. The number of hydrogen-bond donors (Lipinski definition) is 3. The number of hydrogen-bond acceptors (Lipinski definition) is 2. The molecule has 3 amide bonds. The van der Waals surface area contributed by atoms with Gasteiger partial charge in [-0.25, -0.2) is 4.79 Å². The lowest BCUT2D eigenvalue weighted by Gasteiger charge is -2.20. The van der Waals surface area contributed by atoms with E-state index in [1.165, 1.54) is 0 Å². The van der Waals surface area contributed by atoms with E-state index in [2.05, 4.69) is 10.6 Å². The monoisotopic (exact) mass is 346 g/mol. The second-order valence-electron chi connectivity index (χ2n) is 6.28. The Morgan fingerprint density at radius 1 is 1.23 bits per heavy atom. The van der Waals surface area contributed by atoms with E-state index in [9.17, 15) is 9.59 Å². The minimum atomic E-state index is -0.494. The molecule has 0 spiro atoms. The van der Waals surface area contributed by atoms with Gasteiger partial charge in [-0.05, 0) is 26.8 Å². The molecule has 0 aliphatic carbocycles. The molecule has 0 aliphatic rings. The van der Waals surface area contributed by atoms with Gasteiger partial charge in [-0.3, -0.25) is 10.1 Å². The molecule has 0 aliphatic heterocycles. The van der Waals surface area contributed by atoms with E-state index >= 15 is 0 Å². The fraction of sp³-hybridized carbons (Fsp3) is 0.467. The standard InChI is InChI=1S/C15H21Cl2N3O2/c1-15(2,3)19-14(22)18-12(21)9-20(4)8-10-6-5-7-11(16)13(10)17/h5-7H,8-9H2,1-4H3,(H2,18,19,21,22)/p+1. The SMILES string of the molecule is C[NH+](CC(=O)NC(=O)NC(C)(C)C)Cc1cccc(Cl)c1Cl. The van der Waals surface area contributed by atoms with Crippen molar-refractivity contribution in [1.82, 2.24) is 10.6 Å². The highest BCUT2D eigenvalue weighted by Gasteiger charge is 2.18. The lowest BCUT2D eigenvalue weighted by atomic mass is 10.1. The molecule has 7 heteroatoms. The van der Waals surface area contributed by atoms with Gasteiger partial charge < -0.3 is 10.2 Å². The van der Waals surface area contributed by atoms with E-state index < -0.39 is 11.6 Å². The van der Waals surface area contributed by atoms with Crippen LogP contribution < -0.4 is 15.5 Å². The van der Waals surface area contributed by atoms with Crippen LogP contribution in [-0.2, 0) is 11.3 Å². The Kier molecular flexibility index (Phi) is 6.66. The lowest BCUT2D eigenvalue weighted by molar-refractivity contribution is -0.885. The molecule has 0 aromatic heterocycles. The first-order chi connectivity index (χ1) is 10.1. The molecule has 1 unspecified atom stereocenters. The summed E-state index contributed by atoms with van der Waals surface area (Å²) in [5.74, 6) is -0.350. The first-order valence-corrected chi connectivity index (χ1v) is 7.70. The summed E-state index contributed by atoms with van der Waals surface area (Å²) in [4.78, 5) is 24.4. The summed E-state index contributed by atoms with van der Waals surface area (Å²) in [6.07, 6.45) is 0. The molecule has 3 N–H and O–H groups in total. The van der Waals surface area contributed by atoms with Crippen molar-refractivity contribution in [3.05, 3.63) is 33.8 Å². The molecule has 0 saturated heterocycles. The third kappa shape index (κ3) is 6.64. The Balaban J connectivity index is 2.51. The summed E-state index contributed by atoms with van der Waals surface area (Å²) in [6, 6.07) is 4.90. The number of likely N-dealkylation sites (N-methyl/N-ethyl adjacent to an activating group) is 1. The number of amides is 3. The van der Waals surface area contributed by atoms with Crippen molar-refractivity contribution in [2.45, 2.75) is 32.9 Å². The van der Waals surface area contributed by atoms with Crippen LogP contribution in [0.4, 0.5) is 4.79 Å². The molecule has 122 valence electrons. The number of imide groups is 1. The van der Waals surface area contributed by atoms with Gasteiger partial charge in [-0.2, -0.15) is 0 Å². The van der Waals surface area contributed by atoms with Crippen molar-refractivity contribution in [2.75, 3.05) is 13.6 Å². The van der Waals surface area contributed by atoms with Gasteiger partial charge in [0.25, 0.3) is 5.91 Å². The Labute approximate surface area is 141 Å². The molecular weight excluding hydrogens is 325 g/mol. The molecule has 0 fully saturated rings. The van der Waals surface area contributed by atoms with Crippen molar-refractivity contribution in [3.63, 3.8) is 0 Å². The predicted octanol–water partition coefficient (Wildman–Crippen LogP) is 1.63. The number of carbonyl (C=O) groups is 2. The van der Waals surface area contributed by atoms with Crippen molar-refractivity contribution >= 4 is 35.1 Å². The van der Waals surface area contributed by atoms with Gasteiger partial charge >= 0.3 is 6.03 Å². The highest BCUT2D eigenvalue weighted by molar-refractivity contribution is 6.42. The van der Waals surface area contributed by atoms with Crippen LogP contribution in [0.25, 0.3) is 0 Å². The molecule has 5 nitrogen and oxygen atoms in total. The number of urea groups is 1. The van der Waals surface area contributed by atoms with Crippen LogP contribution in [0.5, 0.6) is 0 Å². The first-order valence-electron chi connectivity index (χ1n) is 6.94. The number of quaternary nitrogens is 1. The van der Waals surface area contributed by atoms with Crippen LogP contribution in [0, 0.1) is 0 Å². The quantitative estimate of drug-likeness (QED) is 0.775. The average Bonchev–Trinajstić information content (AvgIpc) is 2.31. The van der Waals surface area contributed by atoms with Crippen LogP contribution in [0.3, 0.4) is 0 Å². The van der Waals surface area contributed by atoms with Crippen molar-refractivity contribution < 1.29 is 14.5 Å². The second-order valence-corrected chi connectivity index (χ2v) is 7.06. The van der Waals surface area contributed by atoms with Gasteiger partial charge in [0.05, 0.1) is 17.1 Å². The Bertz CT molecular complexity index is 556. The number of nitrogens with one attached hydrogen (secondary N) is 3. The van der Waals surface area contributed by atoms with Crippen LogP contribution in [-0.4, -0.2) is 31.1 Å². The average molecular weight is 347 g/mol. The molecule has 0 bridgehead atoms. The smallest absolute Gasteiger partial charge is 0.322 e. The summed E-state index contributed by atoms with van der Waals surface area (Å²) in [5, 5.41) is 5.96. The summed E-state index contributed by atoms with van der Waals surface area (Å²) in [5.41, 5.74) is 0.468. The maximum atomic E-state index is 11.8. The number of halogens is 2. The minimum Gasteiger partial charge on any atom is -0.333 e. The largest absolute Gasteiger partial charge is 0.333 e. The minimum absolute atomic E-state index is 0.153. The van der Waals surface area contributed by atoms with Crippen LogP contribution >= 0.6 is 23.2 Å². The number of carbonyl (C=O) groups excluding carboxylic acids is 2. The van der Waals surface area contributed by atoms with Gasteiger partial charge in [0.1, 0.15) is 6.54 Å². The van der Waals surface area contributed by atoms with E-state index in [0.717, 1.165) is 10.5 Å². The highest BCUT2D eigenvalue weighted by atomic mass is 35.5. The van der Waals surface area contributed by atoms with E-state index in [-0.39, 0.29) is 12.5 Å². The van der Waals surface area contributed by atoms with Crippen molar-refractivity contribution in [1.29, 1.82) is 0 Å². The molecule has 1 aromatic carbocycles. The lowest BCUT2D eigenvalue weighted by Crippen LogP contribution is -3.09. The highest BCUT2D eigenvalue weighted by Crippen LogP contribution is 2.24.